The Bertz CT molecular complexity index is 3540. The molecule has 13 rings (SSSR count). The molecule has 0 atom stereocenters. The van der Waals surface area contributed by atoms with Gasteiger partial charge in [-0.2, -0.15) is 0 Å². The molecule has 2 heterocycles. The molecule has 1 spiro atoms. The number of para-hydroxylation sites is 1. The lowest BCUT2D eigenvalue weighted by atomic mass is 9.70. The normalized spacial score (nSPS) is 13.0. The van der Waals surface area contributed by atoms with E-state index in [1.165, 1.54) is 44.5 Å². The second kappa shape index (κ2) is 13.4. The van der Waals surface area contributed by atoms with Crippen molar-refractivity contribution in [2.75, 3.05) is 0 Å². The molecule has 0 fully saturated rings. The predicted octanol–water partition coefficient (Wildman–Crippen LogP) is 14.4. The average molecular weight is 790 g/mol. The second-order valence-electron chi connectivity index (χ2n) is 16.3. The highest BCUT2D eigenvalue weighted by molar-refractivity contribution is 6.12. The van der Waals surface area contributed by atoms with Crippen LogP contribution in [0.4, 0.5) is 0 Å². The van der Waals surface area contributed by atoms with Gasteiger partial charge in [0.05, 0.1) is 5.41 Å². The van der Waals surface area contributed by atoms with Crippen LogP contribution in [-0.2, 0) is 5.41 Å². The van der Waals surface area contributed by atoms with Gasteiger partial charge in [-0.05, 0) is 91.0 Å². The van der Waals surface area contributed by atoms with Gasteiger partial charge in [0, 0.05) is 27.5 Å². The topological polar surface area (TPSA) is 51.8 Å². The van der Waals surface area contributed by atoms with Gasteiger partial charge in [-0.3, -0.25) is 0 Å². The molecule has 11 aromatic rings. The molecular formula is C58H35N3O. The van der Waals surface area contributed by atoms with E-state index in [0.29, 0.717) is 17.5 Å². The summed E-state index contributed by atoms with van der Waals surface area (Å²) in [5, 5.41) is 2.23. The number of aromatic nitrogens is 3. The third kappa shape index (κ3) is 5.04. The van der Waals surface area contributed by atoms with E-state index in [2.05, 4.69) is 176 Å². The molecule has 0 aliphatic heterocycles. The van der Waals surface area contributed by atoms with Crippen LogP contribution in [-0.4, -0.2) is 15.0 Å². The van der Waals surface area contributed by atoms with Crippen molar-refractivity contribution in [2.24, 2.45) is 0 Å². The zero-order chi connectivity index (χ0) is 40.8. The standard InChI is InChI=1S/C58H35N3O/c1-2-14-37(15-3-1)55-59-56(38-30-28-36(29-31-38)42-22-13-27-53-54(42)46-21-7-11-26-52(46)62-53)61-57(60-55)41-17-12-16-39(34-41)40-32-33-51-47(35-40)45-20-6-10-25-50(45)58(51)48-23-8-4-18-43(48)44-19-5-9-24-49(44)58/h1-35H. The van der Waals surface area contributed by atoms with Crippen LogP contribution in [0.15, 0.2) is 217 Å². The van der Waals surface area contributed by atoms with E-state index >= 15 is 0 Å². The van der Waals surface area contributed by atoms with Crippen LogP contribution < -0.4 is 0 Å². The van der Waals surface area contributed by atoms with Crippen molar-refractivity contribution in [1.82, 2.24) is 15.0 Å². The molecule has 0 N–H and O–H groups in total. The molecule has 288 valence electrons. The van der Waals surface area contributed by atoms with Gasteiger partial charge in [-0.25, -0.2) is 15.0 Å². The maximum absolute atomic E-state index is 6.20. The number of nitrogens with zero attached hydrogens (tertiary/aromatic N) is 3. The fourth-order valence-corrected chi connectivity index (χ4v) is 10.3. The summed E-state index contributed by atoms with van der Waals surface area (Å²) in [5.74, 6) is 1.87. The first-order chi connectivity index (χ1) is 30.7. The number of hydrogen-bond donors (Lipinski definition) is 0. The molecule has 0 amide bonds. The van der Waals surface area contributed by atoms with Gasteiger partial charge in [-0.15, -0.1) is 0 Å². The molecule has 4 heteroatoms. The van der Waals surface area contributed by atoms with Crippen LogP contribution in [0.1, 0.15) is 22.3 Å². The van der Waals surface area contributed by atoms with Gasteiger partial charge in [0.2, 0.25) is 0 Å². The molecule has 0 saturated heterocycles. The Balaban J connectivity index is 0.914. The van der Waals surface area contributed by atoms with Gasteiger partial charge < -0.3 is 4.42 Å². The Morgan fingerprint density at radius 3 is 1.45 bits per heavy atom. The van der Waals surface area contributed by atoms with Gasteiger partial charge in [0.1, 0.15) is 11.2 Å². The quantitative estimate of drug-likeness (QED) is 0.174. The van der Waals surface area contributed by atoms with Crippen molar-refractivity contribution < 1.29 is 4.42 Å². The number of hydrogen-bond acceptors (Lipinski definition) is 4. The van der Waals surface area contributed by atoms with E-state index < -0.39 is 0 Å². The predicted molar refractivity (Wildman–Crippen MR) is 251 cm³/mol. The van der Waals surface area contributed by atoms with Crippen LogP contribution in [0, 0.1) is 0 Å². The Labute approximate surface area is 358 Å². The monoisotopic (exact) mass is 789 g/mol. The first-order valence-electron chi connectivity index (χ1n) is 21.1. The summed E-state index contributed by atoms with van der Waals surface area (Å²) in [7, 11) is 0. The van der Waals surface area contributed by atoms with Crippen molar-refractivity contribution in [2.45, 2.75) is 5.41 Å². The highest BCUT2D eigenvalue weighted by atomic mass is 16.3. The molecular weight excluding hydrogens is 755 g/mol. The minimum absolute atomic E-state index is 0.367. The molecule has 2 aliphatic carbocycles. The van der Waals surface area contributed by atoms with Gasteiger partial charge >= 0.3 is 0 Å². The summed E-state index contributed by atoms with van der Waals surface area (Å²) in [6, 6.07) is 75.6. The van der Waals surface area contributed by atoms with Crippen LogP contribution in [0.5, 0.6) is 0 Å². The van der Waals surface area contributed by atoms with Gasteiger partial charge in [0.25, 0.3) is 0 Å². The first-order valence-corrected chi connectivity index (χ1v) is 21.1. The fourth-order valence-electron chi connectivity index (χ4n) is 10.3. The second-order valence-corrected chi connectivity index (χ2v) is 16.3. The maximum atomic E-state index is 6.20. The van der Waals surface area contributed by atoms with Gasteiger partial charge in [-0.1, -0.05) is 188 Å². The molecule has 62 heavy (non-hydrogen) atoms. The SMILES string of the molecule is c1ccc(-c2nc(-c3ccc(-c4cccc5oc6ccccc6c45)cc3)nc(-c3cccc(-c4ccc5c(c4)-c4ccccc4C54c5ccccc5-c5ccccc54)c3)n2)cc1. The van der Waals surface area contributed by atoms with E-state index in [0.717, 1.165) is 60.9 Å². The van der Waals surface area contributed by atoms with E-state index in [1.54, 1.807) is 0 Å². The number of benzene rings is 9. The third-order valence-corrected chi connectivity index (χ3v) is 13.0. The number of fused-ring (bicyclic) bond motifs is 13. The molecule has 2 aromatic heterocycles. The van der Waals surface area contributed by atoms with Crippen molar-refractivity contribution in [3.05, 3.63) is 235 Å². The Kier molecular flexibility index (Phi) is 7.49. The largest absolute Gasteiger partial charge is 0.456 e. The zero-order valence-electron chi connectivity index (χ0n) is 33.5. The molecule has 2 aliphatic rings. The molecule has 0 radical (unpaired) electrons. The summed E-state index contributed by atoms with van der Waals surface area (Å²) in [5.41, 5.74) is 19.2. The van der Waals surface area contributed by atoms with Crippen molar-refractivity contribution in [1.29, 1.82) is 0 Å². The molecule has 0 bridgehead atoms. The Hall–Kier alpha value is -8.21. The lowest BCUT2D eigenvalue weighted by Crippen LogP contribution is -2.25. The highest BCUT2D eigenvalue weighted by Gasteiger charge is 2.51. The number of furan rings is 1. The fraction of sp³-hybridized carbons (Fsp3) is 0.0172. The Morgan fingerprint density at radius 1 is 0.290 bits per heavy atom. The zero-order valence-corrected chi connectivity index (χ0v) is 33.5. The van der Waals surface area contributed by atoms with Crippen LogP contribution >= 0.6 is 0 Å². The van der Waals surface area contributed by atoms with Crippen molar-refractivity contribution in [3.8, 4) is 78.7 Å². The smallest absolute Gasteiger partial charge is 0.164 e. The van der Waals surface area contributed by atoms with Gasteiger partial charge in [0.15, 0.2) is 17.5 Å². The molecule has 9 aromatic carbocycles. The lowest BCUT2D eigenvalue weighted by molar-refractivity contribution is 0.669. The van der Waals surface area contributed by atoms with Crippen molar-refractivity contribution in [3.63, 3.8) is 0 Å². The molecule has 0 unspecified atom stereocenters. The first kappa shape index (κ1) is 34.6. The van der Waals surface area contributed by atoms with Crippen molar-refractivity contribution >= 4 is 21.9 Å². The average Bonchev–Trinajstić information content (AvgIpc) is 3.98. The third-order valence-electron chi connectivity index (χ3n) is 13.0. The lowest BCUT2D eigenvalue weighted by Gasteiger charge is -2.30. The number of rotatable bonds is 5. The highest BCUT2D eigenvalue weighted by Crippen LogP contribution is 2.63. The van der Waals surface area contributed by atoms with E-state index in [-0.39, 0.29) is 5.41 Å². The molecule has 4 nitrogen and oxygen atoms in total. The van der Waals surface area contributed by atoms with Crippen LogP contribution in [0.2, 0.25) is 0 Å². The summed E-state index contributed by atoms with van der Waals surface area (Å²) in [6.07, 6.45) is 0. The minimum atomic E-state index is -0.367. The Morgan fingerprint density at radius 2 is 0.742 bits per heavy atom. The summed E-state index contributed by atoms with van der Waals surface area (Å²) in [6.45, 7) is 0. The summed E-state index contributed by atoms with van der Waals surface area (Å²) < 4.78 is 6.20. The molecule has 0 saturated carbocycles. The van der Waals surface area contributed by atoms with Crippen LogP contribution in [0.25, 0.3) is 101 Å². The summed E-state index contributed by atoms with van der Waals surface area (Å²) in [4.78, 5) is 15.3. The minimum Gasteiger partial charge on any atom is -0.456 e. The summed E-state index contributed by atoms with van der Waals surface area (Å²) >= 11 is 0. The van der Waals surface area contributed by atoms with E-state index in [9.17, 15) is 0 Å². The van der Waals surface area contributed by atoms with E-state index in [1.807, 2.05) is 36.4 Å². The van der Waals surface area contributed by atoms with E-state index in [4.69, 9.17) is 19.4 Å². The maximum Gasteiger partial charge on any atom is 0.164 e. The van der Waals surface area contributed by atoms with Crippen LogP contribution in [0.3, 0.4) is 0 Å².